The van der Waals surface area contributed by atoms with Crippen LogP contribution in [0.25, 0.3) is 11.3 Å². The van der Waals surface area contributed by atoms with E-state index in [2.05, 4.69) is 10.3 Å². The molecule has 4 rings (SSSR count). The molecule has 6 heteroatoms. The van der Waals surface area contributed by atoms with E-state index in [1.807, 2.05) is 54.6 Å². The highest BCUT2D eigenvalue weighted by molar-refractivity contribution is 6.08. The van der Waals surface area contributed by atoms with E-state index >= 15 is 0 Å². The quantitative estimate of drug-likeness (QED) is 0.539. The van der Waals surface area contributed by atoms with Crippen LogP contribution in [0.3, 0.4) is 0 Å². The second-order valence-corrected chi connectivity index (χ2v) is 6.50. The van der Waals surface area contributed by atoms with Crippen molar-refractivity contribution in [3.05, 3.63) is 96.4 Å². The van der Waals surface area contributed by atoms with Crippen LogP contribution in [0.2, 0.25) is 0 Å². The Morgan fingerprint density at radius 2 is 1.83 bits per heavy atom. The molecule has 0 saturated heterocycles. The smallest absolute Gasteiger partial charge is 0.259 e. The number of ether oxygens (including phenoxy) is 1. The van der Waals surface area contributed by atoms with E-state index in [9.17, 15) is 4.79 Å². The molecule has 6 nitrogen and oxygen atoms in total. The minimum Gasteiger partial charge on any atom is -0.497 e. The third kappa shape index (κ3) is 4.32. The molecule has 0 unspecified atom stereocenters. The number of benzene rings is 2. The highest BCUT2D eigenvalue weighted by Gasteiger charge is 2.19. The van der Waals surface area contributed by atoms with Crippen LogP contribution >= 0.6 is 0 Å². The van der Waals surface area contributed by atoms with E-state index < -0.39 is 0 Å². The molecule has 4 aromatic rings. The third-order valence-corrected chi connectivity index (χ3v) is 4.48. The molecular formula is C23H20N4O2. The van der Waals surface area contributed by atoms with Gasteiger partial charge in [0.1, 0.15) is 11.4 Å². The second-order valence-electron chi connectivity index (χ2n) is 6.50. The molecule has 0 radical (unpaired) electrons. The average Bonchev–Trinajstić information content (AvgIpc) is 3.19. The highest BCUT2D eigenvalue weighted by atomic mass is 16.5. The van der Waals surface area contributed by atoms with E-state index in [4.69, 9.17) is 9.84 Å². The summed E-state index contributed by atoms with van der Waals surface area (Å²) < 4.78 is 7.12. The Morgan fingerprint density at radius 1 is 1.03 bits per heavy atom. The summed E-state index contributed by atoms with van der Waals surface area (Å²) in [6.45, 7) is 0.570. The molecule has 2 aromatic carbocycles. The Labute approximate surface area is 168 Å². The number of pyridine rings is 1. The zero-order chi connectivity index (χ0) is 20.1. The lowest BCUT2D eigenvalue weighted by Gasteiger charge is -2.06. The molecule has 0 saturated carbocycles. The monoisotopic (exact) mass is 384 g/mol. The third-order valence-electron chi connectivity index (χ3n) is 4.48. The first kappa shape index (κ1) is 18.4. The summed E-state index contributed by atoms with van der Waals surface area (Å²) in [4.78, 5) is 17.0. The molecule has 0 fully saturated rings. The van der Waals surface area contributed by atoms with Crippen LogP contribution in [0.1, 0.15) is 15.9 Å². The minimum absolute atomic E-state index is 0.228. The lowest BCUT2D eigenvalue weighted by Crippen LogP contribution is -2.12. The largest absolute Gasteiger partial charge is 0.497 e. The number of carbonyl (C=O) groups is 1. The van der Waals surface area contributed by atoms with Gasteiger partial charge in [0.15, 0.2) is 0 Å². The van der Waals surface area contributed by atoms with Crippen molar-refractivity contribution in [1.29, 1.82) is 0 Å². The van der Waals surface area contributed by atoms with Gasteiger partial charge in [0.25, 0.3) is 5.91 Å². The van der Waals surface area contributed by atoms with Gasteiger partial charge in [-0.3, -0.25) is 14.5 Å². The van der Waals surface area contributed by atoms with Gasteiger partial charge in [-0.2, -0.15) is 5.10 Å². The van der Waals surface area contributed by atoms with Crippen molar-refractivity contribution in [2.75, 3.05) is 12.4 Å². The first-order chi connectivity index (χ1) is 14.2. The number of methoxy groups -OCH3 is 1. The lowest BCUT2D eigenvalue weighted by atomic mass is 10.1. The Morgan fingerprint density at radius 3 is 2.59 bits per heavy atom. The number of amides is 1. The van der Waals surface area contributed by atoms with Crippen LogP contribution < -0.4 is 10.1 Å². The topological polar surface area (TPSA) is 69.0 Å². The van der Waals surface area contributed by atoms with Crippen molar-refractivity contribution in [2.24, 2.45) is 0 Å². The standard InChI is InChI=1S/C23H20N4O2/c1-29-20-9-5-8-18(14-20)22-21(23(28)25-19-10-12-24-13-11-19)16-27(26-22)15-17-6-3-2-4-7-17/h2-14,16H,15H2,1H3,(H,24,25,28). The predicted molar refractivity (Wildman–Crippen MR) is 112 cm³/mol. The minimum atomic E-state index is -0.228. The summed E-state index contributed by atoms with van der Waals surface area (Å²) in [6, 6.07) is 21.0. The molecule has 0 aliphatic rings. The van der Waals surface area contributed by atoms with E-state index in [0.29, 0.717) is 29.2 Å². The summed E-state index contributed by atoms with van der Waals surface area (Å²) in [5.41, 5.74) is 3.69. The first-order valence-electron chi connectivity index (χ1n) is 9.20. The molecule has 1 N–H and O–H groups in total. The molecule has 0 aliphatic carbocycles. The van der Waals surface area contributed by atoms with Crippen LogP contribution in [0.15, 0.2) is 85.3 Å². The fraction of sp³-hybridized carbons (Fsp3) is 0.0870. The number of anilines is 1. The fourth-order valence-electron chi connectivity index (χ4n) is 3.06. The number of hydrogen-bond donors (Lipinski definition) is 1. The van der Waals surface area contributed by atoms with E-state index in [1.54, 1.807) is 42.5 Å². The molecule has 0 spiro atoms. The highest BCUT2D eigenvalue weighted by Crippen LogP contribution is 2.27. The Bertz CT molecular complexity index is 1110. The van der Waals surface area contributed by atoms with Gasteiger partial charge in [-0.15, -0.1) is 0 Å². The number of hydrogen-bond acceptors (Lipinski definition) is 4. The maximum Gasteiger partial charge on any atom is 0.259 e. The van der Waals surface area contributed by atoms with Crippen molar-refractivity contribution >= 4 is 11.6 Å². The first-order valence-corrected chi connectivity index (χ1v) is 9.20. The Balaban J connectivity index is 1.71. The van der Waals surface area contributed by atoms with Gasteiger partial charge in [0, 0.05) is 29.8 Å². The van der Waals surface area contributed by atoms with Gasteiger partial charge < -0.3 is 10.1 Å². The molecular weight excluding hydrogens is 364 g/mol. The summed E-state index contributed by atoms with van der Waals surface area (Å²) in [5.74, 6) is 0.480. The number of aromatic nitrogens is 3. The van der Waals surface area contributed by atoms with Crippen LogP contribution in [-0.2, 0) is 6.54 Å². The van der Waals surface area contributed by atoms with Crippen molar-refractivity contribution in [1.82, 2.24) is 14.8 Å². The molecule has 144 valence electrons. The normalized spacial score (nSPS) is 10.5. The molecule has 29 heavy (non-hydrogen) atoms. The molecule has 0 bridgehead atoms. The summed E-state index contributed by atoms with van der Waals surface area (Å²) in [6.07, 6.45) is 5.05. The van der Waals surface area contributed by atoms with Gasteiger partial charge in [-0.25, -0.2) is 0 Å². The van der Waals surface area contributed by atoms with E-state index in [0.717, 1.165) is 11.1 Å². The number of nitrogens with one attached hydrogen (secondary N) is 1. The average molecular weight is 384 g/mol. The van der Waals surface area contributed by atoms with Crippen molar-refractivity contribution in [2.45, 2.75) is 6.54 Å². The van der Waals surface area contributed by atoms with E-state index in [1.165, 1.54) is 0 Å². The molecule has 0 atom stereocenters. The van der Waals surface area contributed by atoms with Gasteiger partial charge >= 0.3 is 0 Å². The van der Waals surface area contributed by atoms with Crippen molar-refractivity contribution < 1.29 is 9.53 Å². The Kier molecular flexibility index (Phi) is 5.33. The van der Waals surface area contributed by atoms with Gasteiger partial charge in [0.2, 0.25) is 0 Å². The predicted octanol–water partition coefficient (Wildman–Crippen LogP) is 4.25. The zero-order valence-corrected chi connectivity index (χ0v) is 15.9. The van der Waals surface area contributed by atoms with Gasteiger partial charge in [0.05, 0.1) is 19.2 Å². The lowest BCUT2D eigenvalue weighted by molar-refractivity contribution is 0.102. The number of nitrogens with zero attached hydrogens (tertiary/aromatic N) is 3. The van der Waals surface area contributed by atoms with Crippen LogP contribution in [0.5, 0.6) is 5.75 Å². The SMILES string of the molecule is COc1cccc(-c2nn(Cc3ccccc3)cc2C(=O)Nc2ccncc2)c1. The zero-order valence-electron chi connectivity index (χ0n) is 15.9. The summed E-state index contributed by atoms with van der Waals surface area (Å²) in [7, 11) is 1.62. The Hall–Kier alpha value is -3.93. The number of rotatable bonds is 6. The van der Waals surface area contributed by atoms with Crippen LogP contribution in [0.4, 0.5) is 5.69 Å². The van der Waals surface area contributed by atoms with Crippen molar-refractivity contribution in [3.8, 4) is 17.0 Å². The van der Waals surface area contributed by atoms with Crippen LogP contribution in [-0.4, -0.2) is 27.8 Å². The molecule has 0 aliphatic heterocycles. The second kappa shape index (κ2) is 8.39. The van der Waals surface area contributed by atoms with E-state index in [-0.39, 0.29) is 5.91 Å². The summed E-state index contributed by atoms with van der Waals surface area (Å²) in [5, 5.41) is 7.61. The molecule has 2 heterocycles. The molecule has 1 amide bonds. The fourth-order valence-corrected chi connectivity index (χ4v) is 3.06. The maximum absolute atomic E-state index is 13.0. The van der Waals surface area contributed by atoms with Gasteiger partial charge in [-0.05, 0) is 29.8 Å². The van der Waals surface area contributed by atoms with Crippen molar-refractivity contribution in [3.63, 3.8) is 0 Å². The molecule has 2 aromatic heterocycles. The van der Waals surface area contributed by atoms with Crippen LogP contribution in [0, 0.1) is 0 Å². The maximum atomic E-state index is 13.0. The number of carbonyl (C=O) groups excluding carboxylic acids is 1. The van der Waals surface area contributed by atoms with Gasteiger partial charge in [-0.1, -0.05) is 42.5 Å². The summed E-state index contributed by atoms with van der Waals surface area (Å²) >= 11 is 0.